The van der Waals surface area contributed by atoms with Crippen LogP contribution >= 0.6 is 15.9 Å². The van der Waals surface area contributed by atoms with Crippen molar-refractivity contribution in [2.45, 2.75) is 39.0 Å². The van der Waals surface area contributed by atoms with E-state index in [1.54, 1.807) is 0 Å². The minimum atomic E-state index is -0.551. The molecule has 0 radical (unpaired) electrons. The highest BCUT2D eigenvalue weighted by Gasteiger charge is 2.09. The molecular weight excluding hydrogens is 288 g/mol. The van der Waals surface area contributed by atoms with E-state index in [2.05, 4.69) is 28.2 Å². The average molecular weight is 306 g/mol. The molecular formula is C13H18BrF2N. The third-order valence-corrected chi connectivity index (χ3v) is 3.05. The van der Waals surface area contributed by atoms with E-state index in [0.717, 1.165) is 12.8 Å². The smallest absolute Gasteiger partial charge is 0.150 e. The van der Waals surface area contributed by atoms with E-state index >= 15 is 0 Å². The molecule has 0 amide bonds. The summed E-state index contributed by atoms with van der Waals surface area (Å²) in [5, 5.41) is 2.81. The summed E-state index contributed by atoms with van der Waals surface area (Å²) < 4.78 is 27.2. The molecule has 1 aromatic rings. The van der Waals surface area contributed by atoms with Crippen LogP contribution in [0.1, 0.15) is 39.0 Å². The van der Waals surface area contributed by atoms with Crippen molar-refractivity contribution in [2.24, 2.45) is 0 Å². The molecule has 1 rings (SSSR count). The molecule has 1 nitrogen and oxygen atoms in total. The van der Waals surface area contributed by atoms with Crippen LogP contribution in [0.25, 0.3) is 0 Å². The van der Waals surface area contributed by atoms with Gasteiger partial charge in [0, 0.05) is 11.0 Å². The van der Waals surface area contributed by atoms with Gasteiger partial charge in [-0.05, 0) is 18.6 Å². The second-order valence-corrected chi connectivity index (χ2v) is 5.00. The minimum Gasteiger partial charge on any atom is -0.380 e. The molecule has 1 N–H and O–H groups in total. The third kappa shape index (κ3) is 5.02. The van der Waals surface area contributed by atoms with Crippen LogP contribution in [0.2, 0.25) is 0 Å². The van der Waals surface area contributed by atoms with Gasteiger partial charge < -0.3 is 5.32 Å². The molecule has 0 aliphatic rings. The van der Waals surface area contributed by atoms with E-state index in [9.17, 15) is 8.78 Å². The highest BCUT2D eigenvalue weighted by atomic mass is 79.9. The van der Waals surface area contributed by atoms with Gasteiger partial charge in [0.15, 0.2) is 0 Å². The Bertz CT molecular complexity index is 332. The van der Waals surface area contributed by atoms with Crippen molar-refractivity contribution in [3.8, 4) is 0 Å². The third-order valence-electron chi connectivity index (χ3n) is 2.59. The molecule has 0 bridgehead atoms. The van der Waals surface area contributed by atoms with Crippen LogP contribution < -0.4 is 5.32 Å². The standard InChI is InChI=1S/C13H18BrF2N/c1-2-3-4-5-6-7-17-13-11(15)8-10(14)9-12(13)16/h8-9,17H,2-7H2,1H3. The van der Waals surface area contributed by atoms with E-state index in [1.165, 1.54) is 31.4 Å². The number of rotatable bonds is 7. The summed E-state index contributed by atoms with van der Waals surface area (Å²) in [6.45, 7) is 2.77. The molecule has 0 spiro atoms. The van der Waals surface area contributed by atoms with Crippen molar-refractivity contribution < 1.29 is 8.78 Å². The normalized spacial score (nSPS) is 10.6. The lowest BCUT2D eigenvalue weighted by Crippen LogP contribution is -2.05. The minimum absolute atomic E-state index is 0.0244. The Hall–Kier alpha value is -0.640. The first-order chi connectivity index (χ1) is 8.15. The number of nitrogens with one attached hydrogen (secondary N) is 1. The Morgan fingerprint density at radius 3 is 2.24 bits per heavy atom. The van der Waals surface area contributed by atoms with Gasteiger partial charge in [-0.25, -0.2) is 8.78 Å². The van der Waals surface area contributed by atoms with Gasteiger partial charge in [-0.1, -0.05) is 48.5 Å². The predicted octanol–water partition coefficient (Wildman–Crippen LogP) is 5.11. The number of hydrogen-bond donors (Lipinski definition) is 1. The Kier molecular flexibility index (Phi) is 6.48. The maximum atomic E-state index is 13.4. The summed E-state index contributed by atoms with van der Waals surface area (Å²) in [5.41, 5.74) is -0.0244. The fourth-order valence-electron chi connectivity index (χ4n) is 1.65. The number of benzene rings is 1. The summed E-state index contributed by atoms with van der Waals surface area (Å²) in [5.74, 6) is -1.10. The van der Waals surface area contributed by atoms with Gasteiger partial charge in [-0.15, -0.1) is 0 Å². The molecule has 17 heavy (non-hydrogen) atoms. The zero-order valence-corrected chi connectivity index (χ0v) is 11.6. The topological polar surface area (TPSA) is 12.0 Å². The Balaban J connectivity index is 2.36. The SMILES string of the molecule is CCCCCCCNc1c(F)cc(Br)cc1F. The quantitative estimate of drug-likeness (QED) is 0.690. The van der Waals surface area contributed by atoms with Gasteiger partial charge in [-0.3, -0.25) is 0 Å². The van der Waals surface area contributed by atoms with E-state index in [-0.39, 0.29) is 5.69 Å². The van der Waals surface area contributed by atoms with Crippen LogP contribution in [0, 0.1) is 11.6 Å². The number of hydrogen-bond acceptors (Lipinski definition) is 1. The maximum absolute atomic E-state index is 13.4. The molecule has 0 aromatic heterocycles. The molecule has 0 aliphatic heterocycles. The second kappa shape index (κ2) is 7.64. The largest absolute Gasteiger partial charge is 0.380 e. The summed E-state index contributed by atoms with van der Waals surface area (Å²) in [6, 6.07) is 2.53. The Labute approximate surface area is 110 Å². The molecule has 96 valence electrons. The lowest BCUT2D eigenvalue weighted by Gasteiger charge is -2.09. The molecule has 0 saturated heterocycles. The lowest BCUT2D eigenvalue weighted by molar-refractivity contribution is 0.583. The van der Waals surface area contributed by atoms with Gasteiger partial charge in [-0.2, -0.15) is 0 Å². The highest BCUT2D eigenvalue weighted by Crippen LogP contribution is 2.23. The first kappa shape index (κ1) is 14.4. The van der Waals surface area contributed by atoms with Crippen LogP contribution in [0.5, 0.6) is 0 Å². The molecule has 0 heterocycles. The van der Waals surface area contributed by atoms with Gasteiger partial charge in [0.05, 0.1) is 0 Å². The molecule has 0 atom stereocenters. The highest BCUT2D eigenvalue weighted by molar-refractivity contribution is 9.10. The monoisotopic (exact) mass is 305 g/mol. The molecule has 0 unspecified atom stereocenters. The molecule has 0 aliphatic carbocycles. The fraction of sp³-hybridized carbons (Fsp3) is 0.538. The second-order valence-electron chi connectivity index (χ2n) is 4.09. The van der Waals surface area contributed by atoms with E-state index < -0.39 is 11.6 Å². The Morgan fingerprint density at radius 1 is 1.06 bits per heavy atom. The first-order valence-corrected chi connectivity index (χ1v) is 6.83. The van der Waals surface area contributed by atoms with E-state index in [0.29, 0.717) is 11.0 Å². The van der Waals surface area contributed by atoms with Gasteiger partial charge >= 0.3 is 0 Å². The van der Waals surface area contributed by atoms with Crippen molar-refractivity contribution in [1.29, 1.82) is 0 Å². The van der Waals surface area contributed by atoms with Crippen molar-refractivity contribution in [2.75, 3.05) is 11.9 Å². The van der Waals surface area contributed by atoms with Gasteiger partial charge in [0.25, 0.3) is 0 Å². The average Bonchev–Trinajstić information content (AvgIpc) is 2.26. The first-order valence-electron chi connectivity index (χ1n) is 6.03. The van der Waals surface area contributed by atoms with E-state index in [4.69, 9.17) is 0 Å². The molecule has 0 saturated carbocycles. The van der Waals surface area contributed by atoms with Crippen molar-refractivity contribution in [3.63, 3.8) is 0 Å². The van der Waals surface area contributed by atoms with Crippen LogP contribution in [0.4, 0.5) is 14.5 Å². The molecule has 0 fully saturated rings. The number of halogens is 3. The number of anilines is 1. The zero-order chi connectivity index (χ0) is 12.7. The van der Waals surface area contributed by atoms with Crippen molar-refractivity contribution in [3.05, 3.63) is 28.2 Å². The fourth-order valence-corrected chi connectivity index (χ4v) is 2.05. The number of unbranched alkanes of at least 4 members (excludes halogenated alkanes) is 4. The predicted molar refractivity (Wildman–Crippen MR) is 71.3 cm³/mol. The summed E-state index contributed by atoms with van der Waals surface area (Å²) in [7, 11) is 0. The van der Waals surface area contributed by atoms with Crippen molar-refractivity contribution in [1.82, 2.24) is 0 Å². The summed E-state index contributed by atoms with van der Waals surface area (Å²) in [4.78, 5) is 0. The van der Waals surface area contributed by atoms with E-state index in [1.807, 2.05) is 0 Å². The van der Waals surface area contributed by atoms with Crippen LogP contribution in [0.3, 0.4) is 0 Å². The molecule has 4 heteroatoms. The van der Waals surface area contributed by atoms with Crippen molar-refractivity contribution >= 4 is 21.6 Å². The zero-order valence-electron chi connectivity index (χ0n) is 10.0. The maximum Gasteiger partial charge on any atom is 0.150 e. The van der Waals surface area contributed by atoms with Gasteiger partial charge in [0.1, 0.15) is 17.3 Å². The van der Waals surface area contributed by atoms with Gasteiger partial charge in [0.2, 0.25) is 0 Å². The van der Waals surface area contributed by atoms with Crippen LogP contribution in [-0.4, -0.2) is 6.54 Å². The van der Waals surface area contributed by atoms with Crippen LogP contribution in [0.15, 0.2) is 16.6 Å². The summed E-state index contributed by atoms with van der Waals surface area (Å²) >= 11 is 3.05. The molecule has 1 aromatic carbocycles. The van der Waals surface area contributed by atoms with Crippen LogP contribution in [-0.2, 0) is 0 Å². The summed E-state index contributed by atoms with van der Waals surface area (Å²) in [6.07, 6.45) is 5.64. The lowest BCUT2D eigenvalue weighted by atomic mass is 10.1. The Morgan fingerprint density at radius 2 is 1.65 bits per heavy atom.